The summed E-state index contributed by atoms with van der Waals surface area (Å²) in [5, 5.41) is 4.32. The van der Waals surface area contributed by atoms with Gasteiger partial charge in [0, 0.05) is 12.4 Å². The third-order valence-electron chi connectivity index (χ3n) is 3.24. The summed E-state index contributed by atoms with van der Waals surface area (Å²) in [4.78, 5) is 0.0502. The highest BCUT2D eigenvalue weighted by Crippen LogP contribution is 2.25. The van der Waals surface area contributed by atoms with Crippen LogP contribution in [0.5, 0.6) is 0 Å². The molecule has 23 heavy (non-hydrogen) atoms. The largest absolute Gasteiger partial charge is 0.280 e. The smallest absolute Gasteiger partial charge is 0.263 e. The number of rotatable bonds is 4. The van der Waals surface area contributed by atoms with Crippen molar-refractivity contribution in [3.63, 3.8) is 0 Å². The minimum Gasteiger partial charge on any atom is -0.280 e. The lowest BCUT2D eigenvalue weighted by Gasteiger charge is -2.11. The van der Waals surface area contributed by atoms with E-state index < -0.39 is 10.0 Å². The zero-order valence-corrected chi connectivity index (χ0v) is 13.8. The Morgan fingerprint density at radius 2 is 1.96 bits per heavy atom. The lowest BCUT2D eigenvalue weighted by Crippen LogP contribution is -2.13. The number of nitrogens with zero attached hydrogens (tertiary/aromatic N) is 2. The van der Waals surface area contributed by atoms with E-state index in [-0.39, 0.29) is 9.92 Å². The highest BCUT2D eigenvalue weighted by Gasteiger charge is 2.18. The van der Waals surface area contributed by atoms with E-state index in [1.807, 2.05) is 13.0 Å². The maximum absolute atomic E-state index is 12.5. The number of hydrogen-bond donors (Lipinski definition) is 1. The van der Waals surface area contributed by atoms with Gasteiger partial charge in [-0.2, -0.15) is 5.10 Å². The Balaban J connectivity index is 1.93. The zero-order valence-electron chi connectivity index (χ0n) is 12.3. The van der Waals surface area contributed by atoms with Gasteiger partial charge in [-0.1, -0.05) is 23.7 Å². The van der Waals surface area contributed by atoms with E-state index in [2.05, 4.69) is 9.82 Å². The monoisotopic (exact) mass is 347 g/mol. The van der Waals surface area contributed by atoms with Crippen molar-refractivity contribution in [3.05, 3.63) is 71.5 Å². The summed E-state index contributed by atoms with van der Waals surface area (Å²) in [7, 11) is -3.76. The van der Waals surface area contributed by atoms with Crippen molar-refractivity contribution in [2.75, 3.05) is 4.72 Å². The molecule has 0 radical (unpaired) electrons. The summed E-state index contributed by atoms with van der Waals surface area (Å²) in [5.41, 5.74) is 2.09. The first-order chi connectivity index (χ1) is 11.0. The van der Waals surface area contributed by atoms with Gasteiger partial charge in [-0.05, 0) is 48.9 Å². The van der Waals surface area contributed by atoms with E-state index in [9.17, 15) is 8.42 Å². The van der Waals surface area contributed by atoms with Gasteiger partial charge in [-0.3, -0.25) is 4.72 Å². The van der Waals surface area contributed by atoms with Crippen molar-refractivity contribution in [2.24, 2.45) is 0 Å². The van der Waals surface area contributed by atoms with Gasteiger partial charge in [0.05, 0.1) is 16.4 Å². The number of benzene rings is 2. The quantitative estimate of drug-likeness (QED) is 0.783. The second kappa shape index (κ2) is 6.06. The molecule has 5 nitrogen and oxygen atoms in total. The molecule has 2 aromatic carbocycles. The van der Waals surface area contributed by atoms with Gasteiger partial charge in [0.25, 0.3) is 10.0 Å². The minimum absolute atomic E-state index is 0.0502. The Morgan fingerprint density at radius 3 is 2.65 bits per heavy atom. The number of anilines is 1. The topological polar surface area (TPSA) is 64.0 Å². The number of sulfonamides is 1. The van der Waals surface area contributed by atoms with E-state index in [0.717, 1.165) is 11.3 Å². The van der Waals surface area contributed by atoms with Crippen molar-refractivity contribution in [3.8, 4) is 5.69 Å². The van der Waals surface area contributed by atoms with Crippen molar-refractivity contribution in [1.82, 2.24) is 9.78 Å². The highest BCUT2D eigenvalue weighted by molar-refractivity contribution is 7.92. The average Bonchev–Trinajstić information content (AvgIpc) is 3.00. The molecule has 0 amide bonds. The van der Waals surface area contributed by atoms with Crippen LogP contribution in [0.1, 0.15) is 5.56 Å². The molecule has 3 rings (SSSR count). The summed E-state index contributed by atoms with van der Waals surface area (Å²) in [6, 6.07) is 13.6. The Morgan fingerprint density at radius 1 is 1.13 bits per heavy atom. The predicted molar refractivity (Wildman–Crippen MR) is 90.6 cm³/mol. The fourth-order valence-electron chi connectivity index (χ4n) is 2.17. The molecule has 1 N–H and O–H groups in total. The Hall–Kier alpha value is -2.31. The normalized spacial score (nSPS) is 11.4. The number of nitrogens with one attached hydrogen (secondary N) is 1. The lowest BCUT2D eigenvalue weighted by molar-refractivity contribution is 0.601. The van der Waals surface area contributed by atoms with Crippen LogP contribution in [-0.2, 0) is 10.0 Å². The number of aryl methyl sites for hydroxylation is 1. The second-order valence-corrected chi connectivity index (χ2v) is 7.10. The molecule has 3 aromatic rings. The van der Waals surface area contributed by atoms with Gasteiger partial charge in [0.2, 0.25) is 0 Å². The summed E-state index contributed by atoms with van der Waals surface area (Å²) >= 11 is 6.06. The average molecular weight is 348 g/mol. The lowest BCUT2D eigenvalue weighted by atomic mass is 10.2. The molecule has 0 saturated heterocycles. The van der Waals surface area contributed by atoms with Crippen molar-refractivity contribution < 1.29 is 8.42 Å². The molecular formula is C16H14ClN3O2S. The van der Waals surface area contributed by atoms with E-state index in [4.69, 9.17) is 11.6 Å². The SMILES string of the molecule is Cc1ccc(S(=O)(=O)Nc2cccc(-n3cccn3)c2)c(Cl)c1. The summed E-state index contributed by atoms with van der Waals surface area (Å²) in [6.07, 6.45) is 3.44. The Bertz CT molecular complexity index is 938. The first-order valence-corrected chi connectivity index (χ1v) is 8.71. The molecular weight excluding hydrogens is 334 g/mol. The molecule has 0 aliphatic carbocycles. The zero-order chi connectivity index (χ0) is 16.4. The van der Waals surface area contributed by atoms with Gasteiger partial charge in [0.1, 0.15) is 4.90 Å². The number of hydrogen-bond acceptors (Lipinski definition) is 3. The van der Waals surface area contributed by atoms with Crippen LogP contribution in [0.3, 0.4) is 0 Å². The Labute approximate surface area is 139 Å². The van der Waals surface area contributed by atoms with Crippen LogP contribution in [0.15, 0.2) is 65.8 Å². The van der Waals surface area contributed by atoms with Crippen LogP contribution in [0.2, 0.25) is 5.02 Å². The van der Waals surface area contributed by atoms with Gasteiger partial charge in [-0.15, -0.1) is 0 Å². The molecule has 7 heteroatoms. The van der Waals surface area contributed by atoms with Crippen molar-refractivity contribution >= 4 is 27.3 Å². The van der Waals surface area contributed by atoms with Crippen molar-refractivity contribution in [2.45, 2.75) is 11.8 Å². The molecule has 118 valence electrons. The fraction of sp³-hybridized carbons (Fsp3) is 0.0625. The van der Waals surface area contributed by atoms with Gasteiger partial charge in [-0.25, -0.2) is 13.1 Å². The van der Waals surface area contributed by atoms with Crippen LogP contribution in [0.25, 0.3) is 5.69 Å². The Kier molecular flexibility index (Phi) is 4.11. The summed E-state index contributed by atoms with van der Waals surface area (Å²) in [6.45, 7) is 1.85. The molecule has 0 aliphatic heterocycles. The summed E-state index contributed by atoms with van der Waals surface area (Å²) in [5.74, 6) is 0. The van der Waals surface area contributed by atoms with Gasteiger partial charge >= 0.3 is 0 Å². The first kappa shape index (κ1) is 15.6. The van der Waals surface area contributed by atoms with E-state index >= 15 is 0 Å². The molecule has 1 heterocycles. The van der Waals surface area contributed by atoms with Crippen molar-refractivity contribution in [1.29, 1.82) is 0 Å². The minimum atomic E-state index is -3.76. The molecule has 1 aromatic heterocycles. The van der Waals surface area contributed by atoms with Gasteiger partial charge in [0.15, 0.2) is 0 Å². The molecule has 0 bridgehead atoms. The maximum Gasteiger partial charge on any atom is 0.263 e. The fourth-order valence-corrected chi connectivity index (χ4v) is 3.82. The predicted octanol–water partition coefficient (Wildman–Crippen LogP) is 3.63. The third-order valence-corrected chi connectivity index (χ3v) is 5.11. The molecule has 0 unspecified atom stereocenters. The number of halogens is 1. The standard InChI is InChI=1S/C16H14ClN3O2S/c1-12-6-7-16(15(17)10-12)23(21,22)19-13-4-2-5-14(11-13)20-9-3-8-18-20/h2-11,19H,1H3. The molecule has 0 saturated carbocycles. The molecule has 0 fully saturated rings. The highest BCUT2D eigenvalue weighted by atomic mass is 35.5. The summed E-state index contributed by atoms with van der Waals surface area (Å²) < 4.78 is 29.2. The third kappa shape index (κ3) is 3.38. The van der Waals surface area contributed by atoms with E-state index in [1.165, 1.54) is 6.07 Å². The van der Waals surface area contributed by atoms with Gasteiger partial charge < -0.3 is 0 Å². The first-order valence-electron chi connectivity index (χ1n) is 6.85. The molecule has 0 aliphatic rings. The van der Waals surface area contributed by atoms with Crippen LogP contribution in [0, 0.1) is 6.92 Å². The van der Waals surface area contributed by atoms with Crippen LogP contribution in [-0.4, -0.2) is 18.2 Å². The van der Waals surface area contributed by atoms with E-state index in [1.54, 1.807) is 53.5 Å². The number of aromatic nitrogens is 2. The molecule has 0 spiro atoms. The second-order valence-electron chi connectivity index (χ2n) is 5.04. The molecule has 0 atom stereocenters. The van der Waals surface area contributed by atoms with E-state index in [0.29, 0.717) is 5.69 Å². The van der Waals surface area contributed by atoms with Crippen LogP contribution < -0.4 is 4.72 Å². The maximum atomic E-state index is 12.5. The van der Waals surface area contributed by atoms with Crippen LogP contribution >= 0.6 is 11.6 Å². The van der Waals surface area contributed by atoms with Crippen LogP contribution in [0.4, 0.5) is 5.69 Å².